The first-order valence-corrected chi connectivity index (χ1v) is 10.1. The highest BCUT2D eigenvalue weighted by Gasteiger charge is 2.45. The summed E-state index contributed by atoms with van der Waals surface area (Å²) in [6.07, 6.45) is 0. The Labute approximate surface area is 186 Å². The second kappa shape index (κ2) is 7.66. The summed E-state index contributed by atoms with van der Waals surface area (Å²) in [7, 11) is 0. The fourth-order valence-corrected chi connectivity index (χ4v) is 4.02. The van der Waals surface area contributed by atoms with Crippen LogP contribution in [0.2, 0.25) is 5.02 Å². The topological polar surface area (TPSA) is 70.8 Å². The molecule has 0 aliphatic carbocycles. The van der Waals surface area contributed by atoms with Crippen LogP contribution in [0.5, 0.6) is 0 Å². The number of aliphatic hydroxyl groups is 1. The van der Waals surface area contributed by atoms with Crippen LogP contribution in [-0.4, -0.2) is 16.8 Å². The third-order valence-electron chi connectivity index (χ3n) is 5.39. The van der Waals surface area contributed by atoms with Gasteiger partial charge in [-0.05, 0) is 54.1 Å². The minimum absolute atomic E-state index is 0.00869. The fraction of sp³-hybridized carbons (Fsp3) is 0.0400. The van der Waals surface area contributed by atoms with E-state index < -0.39 is 29.3 Å². The van der Waals surface area contributed by atoms with Crippen molar-refractivity contribution in [1.29, 1.82) is 0 Å². The number of aliphatic hydroxyl groups excluding tert-OH is 1. The van der Waals surface area contributed by atoms with Crippen LogP contribution in [0.15, 0.2) is 94.6 Å². The molecule has 4 aromatic rings. The molecule has 5 nitrogen and oxygen atoms in total. The molecule has 2 heterocycles. The Hall–Kier alpha value is -3.90. The highest BCUT2D eigenvalue weighted by atomic mass is 35.5. The zero-order valence-electron chi connectivity index (χ0n) is 16.5. The number of hydrogen-bond acceptors (Lipinski definition) is 4. The SMILES string of the molecule is O=C(C1=C(O)C(=O)N(c2ccc(Cl)cc2)C1c1ccc(F)cc1)c1cc2ccccc2o1. The van der Waals surface area contributed by atoms with E-state index in [0.717, 1.165) is 0 Å². The van der Waals surface area contributed by atoms with E-state index in [4.69, 9.17) is 16.0 Å². The molecule has 3 aromatic carbocycles. The Bertz CT molecular complexity index is 1360. The van der Waals surface area contributed by atoms with Gasteiger partial charge in [0, 0.05) is 16.1 Å². The Morgan fingerprint density at radius 2 is 1.69 bits per heavy atom. The van der Waals surface area contributed by atoms with Crippen LogP contribution in [0.4, 0.5) is 10.1 Å². The van der Waals surface area contributed by atoms with Gasteiger partial charge in [-0.25, -0.2) is 4.39 Å². The summed E-state index contributed by atoms with van der Waals surface area (Å²) in [5.41, 5.74) is 1.25. The van der Waals surface area contributed by atoms with E-state index >= 15 is 0 Å². The number of amides is 1. The van der Waals surface area contributed by atoms with Gasteiger partial charge >= 0.3 is 0 Å². The molecule has 0 bridgehead atoms. The van der Waals surface area contributed by atoms with Crippen LogP contribution in [0.1, 0.15) is 22.2 Å². The van der Waals surface area contributed by atoms with E-state index in [-0.39, 0.29) is 11.3 Å². The number of rotatable bonds is 4. The number of Topliss-reactive ketones (excluding diaryl/α,β-unsaturated/α-hetero) is 1. The van der Waals surface area contributed by atoms with E-state index in [1.54, 1.807) is 48.5 Å². The summed E-state index contributed by atoms with van der Waals surface area (Å²) in [5, 5.41) is 11.9. The molecule has 0 saturated carbocycles. The molecule has 0 fully saturated rings. The molecule has 158 valence electrons. The normalized spacial score (nSPS) is 16.2. The number of para-hydroxylation sites is 1. The van der Waals surface area contributed by atoms with E-state index in [2.05, 4.69) is 0 Å². The maximum atomic E-state index is 13.6. The number of fused-ring (bicyclic) bond motifs is 1. The average Bonchev–Trinajstić information content (AvgIpc) is 3.34. The first-order valence-electron chi connectivity index (χ1n) is 9.75. The maximum Gasteiger partial charge on any atom is 0.294 e. The number of hydrogen-bond donors (Lipinski definition) is 1. The van der Waals surface area contributed by atoms with E-state index in [1.807, 2.05) is 6.07 Å². The molecular formula is C25H15ClFNO4. The van der Waals surface area contributed by atoms with Crippen LogP contribution < -0.4 is 4.90 Å². The summed E-state index contributed by atoms with van der Waals surface area (Å²) in [4.78, 5) is 27.8. The van der Waals surface area contributed by atoms with Crippen molar-refractivity contribution in [2.75, 3.05) is 4.90 Å². The van der Waals surface area contributed by atoms with Crippen LogP contribution in [0.3, 0.4) is 0 Å². The largest absolute Gasteiger partial charge is 0.503 e. The minimum atomic E-state index is -0.981. The number of halogens is 2. The lowest BCUT2D eigenvalue weighted by Gasteiger charge is -2.26. The first kappa shape index (κ1) is 20.0. The van der Waals surface area contributed by atoms with Gasteiger partial charge in [-0.1, -0.05) is 41.9 Å². The van der Waals surface area contributed by atoms with E-state index in [9.17, 15) is 19.1 Å². The number of benzene rings is 3. The summed E-state index contributed by atoms with van der Waals surface area (Å²) in [6, 6.07) is 19.5. The lowest BCUT2D eigenvalue weighted by Crippen LogP contribution is -2.31. The van der Waals surface area contributed by atoms with Gasteiger partial charge in [0.25, 0.3) is 5.91 Å². The minimum Gasteiger partial charge on any atom is -0.503 e. The molecule has 32 heavy (non-hydrogen) atoms. The highest BCUT2D eigenvalue weighted by molar-refractivity contribution is 6.30. The molecule has 0 radical (unpaired) electrons. The number of carbonyl (C=O) groups is 2. The Kier molecular flexibility index (Phi) is 4.79. The monoisotopic (exact) mass is 447 g/mol. The number of nitrogens with zero attached hydrogens (tertiary/aromatic N) is 1. The third-order valence-corrected chi connectivity index (χ3v) is 5.64. The zero-order chi connectivity index (χ0) is 22.4. The van der Waals surface area contributed by atoms with Crippen molar-refractivity contribution in [2.24, 2.45) is 0 Å². The first-order chi connectivity index (χ1) is 15.4. The standard InChI is InChI=1S/C25H15ClFNO4/c26-16-7-11-18(12-8-16)28-22(14-5-9-17(27)10-6-14)21(24(30)25(28)31)23(29)20-13-15-3-1-2-4-19(15)32-20/h1-13,22,30H. The van der Waals surface area contributed by atoms with Crippen LogP contribution in [0.25, 0.3) is 11.0 Å². The summed E-state index contributed by atoms with van der Waals surface area (Å²) < 4.78 is 19.3. The van der Waals surface area contributed by atoms with Gasteiger partial charge in [-0.3, -0.25) is 14.5 Å². The molecule has 0 spiro atoms. The van der Waals surface area contributed by atoms with E-state index in [1.165, 1.54) is 29.2 Å². The number of ketones is 1. The molecule has 1 unspecified atom stereocenters. The fourth-order valence-electron chi connectivity index (χ4n) is 3.89. The van der Waals surface area contributed by atoms with Crippen molar-refractivity contribution in [1.82, 2.24) is 0 Å². The molecular weight excluding hydrogens is 433 g/mol. The Balaban J connectivity index is 1.66. The quantitative estimate of drug-likeness (QED) is 0.389. The van der Waals surface area contributed by atoms with Crippen molar-refractivity contribution in [3.63, 3.8) is 0 Å². The van der Waals surface area contributed by atoms with Crippen LogP contribution in [0, 0.1) is 5.82 Å². The van der Waals surface area contributed by atoms with Crippen molar-refractivity contribution in [3.8, 4) is 0 Å². The van der Waals surface area contributed by atoms with Gasteiger partial charge < -0.3 is 9.52 Å². The number of anilines is 1. The predicted octanol–water partition coefficient (Wildman–Crippen LogP) is 6.01. The Morgan fingerprint density at radius 3 is 2.38 bits per heavy atom. The van der Waals surface area contributed by atoms with Crippen LogP contribution in [-0.2, 0) is 4.79 Å². The lowest BCUT2D eigenvalue weighted by molar-refractivity contribution is -0.117. The molecule has 5 rings (SSSR count). The van der Waals surface area contributed by atoms with Crippen molar-refractivity contribution < 1.29 is 23.5 Å². The molecule has 0 saturated heterocycles. The second-order valence-electron chi connectivity index (χ2n) is 7.35. The van der Waals surface area contributed by atoms with Gasteiger partial charge in [0.15, 0.2) is 11.5 Å². The molecule has 1 N–H and O–H groups in total. The maximum absolute atomic E-state index is 13.6. The number of carbonyl (C=O) groups excluding carboxylic acids is 2. The van der Waals surface area contributed by atoms with Crippen molar-refractivity contribution in [3.05, 3.63) is 112 Å². The third kappa shape index (κ3) is 3.25. The van der Waals surface area contributed by atoms with Crippen LogP contribution >= 0.6 is 11.6 Å². The van der Waals surface area contributed by atoms with Crippen molar-refractivity contribution in [2.45, 2.75) is 6.04 Å². The molecule has 1 amide bonds. The van der Waals surface area contributed by atoms with E-state index in [0.29, 0.717) is 27.2 Å². The van der Waals surface area contributed by atoms with Gasteiger partial charge in [-0.2, -0.15) is 0 Å². The summed E-state index contributed by atoms with van der Waals surface area (Å²) in [5.74, 6) is -2.53. The summed E-state index contributed by atoms with van der Waals surface area (Å²) in [6.45, 7) is 0. The second-order valence-corrected chi connectivity index (χ2v) is 7.78. The molecule has 1 aromatic heterocycles. The van der Waals surface area contributed by atoms with Gasteiger partial charge in [-0.15, -0.1) is 0 Å². The lowest BCUT2D eigenvalue weighted by atomic mass is 9.94. The summed E-state index contributed by atoms with van der Waals surface area (Å²) >= 11 is 5.98. The molecule has 1 aliphatic rings. The zero-order valence-corrected chi connectivity index (χ0v) is 17.2. The average molecular weight is 448 g/mol. The smallest absolute Gasteiger partial charge is 0.294 e. The van der Waals surface area contributed by atoms with Gasteiger partial charge in [0.05, 0.1) is 11.6 Å². The molecule has 1 aliphatic heterocycles. The molecule has 1 atom stereocenters. The van der Waals surface area contributed by atoms with Gasteiger partial charge in [0.2, 0.25) is 5.78 Å². The van der Waals surface area contributed by atoms with Crippen molar-refractivity contribution >= 4 is 39.9 Å². The van der Waals surface area contributed by atoms with Gasteiger partial charge in [0.1, 0.15) is 11.4 Å². The highest BCUT2D eigenvalue weighted by Crippen LogP contribution is 2.42. The predicted molar refractivity (Wildman–Crippen MR) is 118 cm³/mol. The molecule has 7 heteroatoms. The Morgan fingerprint density at radius 1 is 1.00 bits per heavy atom. The number of furan rings is 1.